The fraction of sp³-hybridized carbons (Fsp3) is 0.250. The molecule has 252 valence electrons. The van der Waals surface area contributed by atoms with Crippen LogP contribution in [0.15, 0.2) is 103 Å². The average molecular weight is 659 g/mol. The summed E-state index contributed by atoms with van der Waals surface area (Å²) in [5.74, 6) is 1.37. The number of methoxy groups -OCH3 is 1. The second-order valence-corrected chi connectivity index (χ2v) is 13.1. The quantitative estimate of drug-likeness (QED) is 0.126. The van der Waals surface area contributed by atoms with Gasteiger partial charge in [-0.2, -0.15) is 0 Å². The fourth-order valence-electron chi connectivity index (χ4n) is 5.85. The number of benzene rings is 5. The van der Waals surface area contributed by atoms with Crippen molar-refractivity contribution < 1.29 is 23.8 Å². The molecular weight excluding hydrogens is 616 g/mol. The Morgan fingerprint density at radius 2 is 1.45 bits per heavy atom. The molecule has 0 aliphatic carbocycles. The Morgan fingerprint density at radius 3 is 2.18 bits per heavy atom. The molecule has 6 rings (SSSR count). The summed E-state index contributed by atoms with van der Waals surface area (Å²) in [6.07, 6.45) is 1.49. The van der Waals surface area contributed by atoms with Gasteiger partial charge in [0, 0.05) is 47.5 Å². The molecule has 1 aliphatic rings. The lowest BCUT2D eigenvalue weighted by Crippen LogP contribution is -2.39. The van der Waals surface area contributed by atoms with Crippen LogP contribution in [0.25, 0.3) is 10.8 Å². The first-order valence-corrected chi connectivity index (χ1v) is 16.5. The Balaban J connectivity index is 1.23. The molecule has 9 heteroatoms. The molecule has 0 aromatic heterocycles. The standard InChI is InChI=1S/C40H42N4O5/c1-40(2,3)26-23-33(38(45)42-28-19-21-48-22-20-28)37(47-4)35(24-26)44-39(46)43-34-17-18-36(32-16-9-8-15-31(32)34)49-30-14-10-13-29(25-30)41-27-11-6-5-7-12-27/h5-18,23-25,28,41H,19-22H2,1-4H3,(H,42,45)(H2,43,44,46). The number of hydrogen-bond donors (Lipinski definition) is 4. The van der Waals surface area contributed by atoms with Crippen LogP contribution in [0, 0.1) is 0 Å². The first-order chi connectivity index (χ1) is 23.7. The van der Waals surface area contributed by atoms with Crippen LogP contribution in [0.5, 0.6) is 17.2 Å². The number of para-hydroxylation sites is 1. The van der Waals surface area contributed by atoms with Gasteiger partial charge in [0.05, 0.1) is 24.0 Å². The second-order valence-electron chi connectivity index (χ2n) is 13.1. The van der Waals surface area contributed by atoms with E-state index in [4.69, 9.17) is 14.2 Å². The highest BCUT2D eigenvalue weighted by molar-refractivity contribution is 6.09. The Kier molecular flexibility index (Phi) is 10.0. The zero-order valence-electron chi connectivity index (χ0n) is 28.3. The normalized spacial score (nSPS) is 13.4. The molecular formula is C40H42N4O5. The lowest BCUT2D eigenvalue weighted by molar-refractivity contribution is 0.0695. The summed E-state index contributed by atoms with van der Waals surface area (Å²) in [5, 5.41) is 14.1. The molecule has 1 aliphatic heterocycles. The minimum atomic E-state index is -0.473. The third kappa shape index (κ3) is 8.13. The summed E-state index contributed by atoms with van der Waals surface area (Å²) < 4.78 is 17.6. The van der Waals surface area contributed by atoms with Gasteiger partial charge < -0.3 is 35.5 Å². The number of nitrogens with one attached hydrogen (secondary N) is 4. The van der Waals surface area contributed by atoms with Crippen LogP contribution in [0.3, 0.4) is 0 Å². The number of rotatable bonds is 9. The molecule has 0 bridgehead atoms. The van der Waals surface area contributed by atoms with Crippen LogP contribution in [0.2, 0.25) is 0 Å². The molecule has 0 spiro atoms. The monoisotopic (exact) mass is 658 g/mol. The van der Waals surface area contributed by atoms with Gasteiger partial charge in [-0.1, -0.05) is 69.3 Å². The fourth-order valence-corrected chi connectivity index (χ4v) is 5.85. The van der Waals surface area contributed by atoms with E-state index in [1.807, 2.05) is 103 Å². The van der Waals surface area contributed by atoms with E-state index in [1.54, 1.807) is 0 Å². The van der Waals surface area contributed by atoms with E-state index in [9.17, 15) is 9.59 Å². The third-order valence-corrected chi connectivity index (χ3v) is 8.47. The number of carbonyl (C=O) groups excluding carboxylic acids is 2. The molecule has 9 nitrogen and oxygen atoms in total. The lowest BCUT2D eigenvalue weighted by atomic mass is 9.85. The highest BCUT2D eigenvalue weighted by Gasteiger charge is 2.26. The van der Waals surface area contributed by atoms with Crippen molar-refractivity contribution >= 4 is 45.5 Å². The molecule has 49 heavy (non-hydrogen) atoms. The van der Waals surface area contributed by atoms with Crippen LogP contribution in [-0.4, -0.2) is 38.3 Å². The Morgan fingerprint density at radius 1 is 0.755 bits per heavy atom. The summed E-state index contributed by atoms with van der Waals surface area (Å²) >= 11 is 0. The molecule has 4 N–H and O–H groups in total. The molecule has 5 aromatic carbocycles. The van der Waals surface area contributed by atoms with Crippen molar-refractivity contribution in [3.8, 4) is 17.2 Å². The zero-order chi connectivity index (χ0) is 34.4. The molecule has 1 saturated heterocycles. The number of urea groups is 1. The van der Waals surface area contributed by atoms with E-state index in [2.05, 4.69) is 42.0 Å². The van der Waals surface area contributed by atoms with E-state index in [0.29, 0.717) is 47.4 Å². The second kappa shape index (κ2) is 14.7. The number of anilines is 4. The largest absolute Gasteiger partial charge is 0.494 e. The van der Waals surface area contributed by atoms with Crippen LogP contribution < -0.4 is 30.7 Å². The SMILES string of the molecule is COc1c(NC(=O)Nc2ccc(Oc3cccc(Nc4ccccc4)c3)c3ccccc23)cc(C(C)(C)C)cc1C(=O)NC1CCOCC1. The van der Waals surface area contributed by atoms with Gasteiger partial charge in [0.1, 0.15) is 11.5 Å². The van der Waals surface area contributed by atoms with Crippen molar-refractivity contribution in [3.05, 3.63) is 114 Å². The van der Waals surface area contributed by atoms with Gasteiger partial charge in [0.2, 0.25) is 0 Å². The van der Waals surface area contributed by atoms with E-state index >= 15 is 0 Å². The molecule has 0 atom stereocenters. The van der Waals surface area contributed by atoms with E-state index in [0.717, 1.165) is 40.6 Å². The van der Waals surface area contributed by atoms with Crippen LogP contribution in [0.1, 0.15) is 49.5 Å². The van der Waals surface area contributed by atoms with Crippen LogP contribution in [-0.2, 0) is 10.2 Å². The molecule has 5 aromatic rings. The molecule has 1 fully saturated rings. The van der Waals surface area contributed by atoms with Crippen molar-refractivity contribution in [2.75, 3.05) is 36.3 Å². The van der Waals surface area contributed by atoms with Gasteiger partial charge in [-0.3, -0.25) is 4.79 Å². The Bertz CT molecular complexity index is 1950. The maximum Gasteiger partial charge on any atom is 0.323 e. The van der Waals surface area contributed by atoms with Crippen molar-refractivity contribution in [2.24, 2.45) is 0 Å². The van der Waals surface area contributed by atoms with Gasteiger partial charge in [0.15, 0.2) is 5.75 Å². The highest BCUT2D eigenvalue weighted by atomic mass is 16.5. The first-order valence-electron chi connectivity index (χ1n) is 16.5. The minimum Gasteiger partial charge on any atom is -0.494 e. The van der Waals surface area contributed by atoms with E-state index in [-0.39, 0.29) is 17.4 Å². The smallest absolute Gasteiger partial charge is 0.323 e. The van der Waals surface area contributed by atoms with Gasteiger partial charge in [-0.15, -0.1) is 0 Å². The maximum absolute atomic E-state index is 13.6. The van der Waals surface area contributed by atoms with E-state index < -0.39 is 6.03 Å². The number of amides is 3. The molecule has 0 saturated carbocycles. The molecule has 1 heterocycles. The third-order valence-electron chi connectivity index (χ3n) is 8.47. The minimum absolute atomic E-state index is 0.0130. The number of ether oxygens (including phenoxy) is 3. The van der Waals surface area contributed by atoms with Gasteiger partial charge >= 0.3 is 6.03 Å². The summed E-state index contributed by atoms with van der Waals surface area (Å²) in [4.78, 5) is 27.1. The number of fused-ring (bicyclic) bond motifs is 1. The lowest BCUT2D eigenvalue weighted by Gasteiger charge is -2.26. The maximum atomic E-state index is 13.6. The molecule has 3 amide bonds. The molecule has 0 unspecified atom stereocenters. The van der Waals surface area contributed by atoms with Gasteiger partial charge in [-0.05, 0) is 72.4 Å². The summed E-state index contributed by atoms with van der Waals surface area (Å²) in [5.41, 5.74) is 3.84. The topological polar surface area (TPSA) is 110 Å². The predicted molar refractivity (Wildman–Crippen MR) is 196 cm³/mol. The Labute approximate surface area is 287 Å². The Hall–Kier alpha value is -5.54. The highest BCUT2D eigenvalue weighted by Crippen LogP contribution is 2.38. The van der Waals surface area contributed by atoms with E-state index in [1.165, 1.54) is 7.11 Å². The van der Waals surface area contributed by atoms with Gasteiger partial charge in [-0.25, -0.2) is 4.79 Å². The average Bonchev–Trinajstić information content (AvgIpc) is 3.09. The van der Waals surface area contributed by atoms with Crippen LogP contribution >= 0.6 is 0 Å². The van der Waals surface area contributed by atoms with Crippen molar-refractivity contribution in [1.82, 2.24) is 5.32 Å². The van der Waals surface area contributed by atoms with Crippen LogP contribution in [0.4, 0.5) is 27.5 Å². The van der Waals surface area contributed by atoms with Crippen molar-refractivity contribution in [1.29, 1.82) is 0 Å². The van der Waals surface area contributed by atoms with Crippen molar-refractivity contribution in [3.63, 3.8) is 0 Å². The number of carbonyl (C=O) groups is 2. The summed E-state index contributed by atoms with van der Waals surface area (Å²) in [6.45, 7) is 7.40. The predicted octanol–water partition coefficient (Wildman–Crippen LogP) is 9.23. The number of hydrogen-bond acceptors (Lipinski definition) is 6. The summed E-state index contributed by atoms with van der Waals surface area (Å²) in [6, 6.07) is 32.4. The van der Waals surface area contributed by atoms with Gasteiger partial charge in [0.25, 0.3) is 5.91 Å². The first kappa shape index (κ1) is 33.4. The molecule has 0 radical (unpaired) electrons. The van der Waals surface area contributed by atoms with Crippen molar-refractivity contribution in [2.45, 2.75) is 45.1 Å². The zero-order valence-corrected chi connectivity index (χ0v) is 28.3. The summed E-state index contributed by atoms with van der Waals surface area (Å²) in [7, 11) is 1.50.